The van der Waals surface area contributed by atoms with Gasteiger partial charge in [-0.15, -0.1) is 11.8 Å². The Morgan fingerprint density at radius 2 is 1.53 bits per heavy atom. The van der Waals surface area contributed by atoms with Gasteiger partial charge in [-0.2, -0.15) is 0 Å². The predicted octanol–water partition coefficient (Wildman–Crippen LogP) is 6.27. The molecule has 1 aliphatic rings. The fraction of sp³-hybridized carbons (Fsp3) is 0.333. The van der Waals surface area contributed by atoms with E-state index in [-0.39, 0.29) is 17.9 Å². The summed E-state index contributed by atoms with van der Waals surface area (Å²) in [5.41, 5.74) is 3.13. The van der Waals surface area contributed by atoms with Gasteiger partial charge in [0.25, 0.3) is 0 Å². The van der Waals surface area contributed by atoms with Crippen molar-refractivity contribution in [2.45, 2.75) is 56.5 Å². The minimum atomic E-state index is -0.576. The number of nitrogens with zero attached hydrogens (tertiary/aromatic N) is 1. The molecule has 0 radical (unpaired) electrons. The van der Waals surface area contributed by atoms with Gasteiger partial charge in [0, 0.05) is 29.8 Å². The molecule has 0 aliphatic heterocycles. The van der Waals surface area contributed by atoms with E-state index < -0.39 is 6.04 Å². The number of thioether (sulfide) groups is 1. The zero-order valence-corrected chi connectivity index (χ0v) is 22.0. The maximum Gasteiger partial charge on any atom is 0.243 e. The second-order valence-corrected chi connectivity index (χ2v) is 10.7. The van der Waals surface area contributed by atoms with Gasteiger partial charge in [-0.25, -0.2) is 0 Å². The smallest absolute Gasteiger partial charge is 0.243 e. The number of rotatable bonds is 11. The van der Waals surface area contributed by atoms with Crippen molar-refractivity contribution < 1.29 is 9.59 Å². The van der Waals surface area contributed by atoms with Crippen LogP contribution in [0.1, 0.15) is 42.4 Å². The number of carbonyl (C=O) groups is 2. The van der Waals surface area contributed by atoms with Crippen molar-refractivity contribution in [1.82, 2.24) is 10.2 Å². The Bertz CT molecular complexity index is 1120. The highest BCUT2D eigenvalue weighted by atomic mass is 35.5. The van der Waals surface area contributed by atoms with Gasteiger partial charge >= 0.3 is 0 Å². The quantitative estimate of drug-likeness (QED) is 0.324. The monoisotopic (exact) mass is 520 g/mol. The molecule has 1 saturated carbocycles. The van der Waals surface area contributed by atoms with Crippen LogP contribution in [0.3, 0.4) is 0 Å². The molecule has 1 N–H and O–H groups in total. The van der Waals surface area contributed by atoms with E-state index in [0.29, 0.717) is 29.5 Å². The number of hydrogen-bond donors (Lipinski definition) is 1. The average molecular weight is 521 g/mol. The molecular formula is C30H33ClN2O2S. The first kappa shape index (κ1) is 26.3. The summed E-state index contributed by atoms with van der Waals surface area (Å²) in [4.78, 5) is 29.1. The number of halogens is 1. The Kier molecular flexibility index (Phi) is 9.88. The fourth-order valence-corrected chi connectivity index (χ4v) is 5.74. The van der Waals surface area contributed by atoms with Crippen molar-refractivity contribution in [3.63, 3.8) is 0 Å². The lowest BCUT2D eigenvalue weighted by Gasteiger charge is -2.32. The van der Waals surface area contributed by atoms with E-state index in [1.54, 1.807) is 16.7 Å². The Labute approximate surface area is 223 Å². The molecule has 1 fully saturated rings. The zero-order chi connectivity index (χ0) is 25.2. The maximum atomic E-state index is 13.7. The van der Waals surface area contributed by atoms with Crippen molar-refractivity contribution in [2.75, 3.05) is 5.75 Å². The molecule has 0 saturated heterocycles. The lowest BCUT2D eigenvalue weighted by Crippen LogP contribution is -2.52. The van der Waals surface area contributed by atoms with Crippen molar-refractivity contribution in [2.24, 2.45) is 0 Å². The number of hydrogen-bond acceptors (Lipinski definition) is 3. The van der Waals surface area contributed by atoms with Crippen molar-refractivity contribution in [3.8, 4) is 0 Å². The minimum absolute atomic E-state index is 0.0339. The van der Waals surface area contributed by atoms with Gasteiger partial charge in [0.1, 0.15) is 6.04 Å². The van der Waals surface area contributed by atoms with Crippen molar-refractivity contribution in [1.29, 1.82) is 0 Å². The Hall–Kier alpha value is -2.76. The van der Waals surface area contributed by atoms with E-state index in [1.807, 2.05) is 84.9 Å². The average Bonchev–Trinajstić information content (AvgIpc) is 3.40. The highest BCUT2D eigenvalue weighted by Crippen LogP contribution is 2.22. The topological polar surface area (TPSA) is 49.4 Å². The minimum Gasteiger partial charge on any atom is -0.352 e. The van der Waals surface area contributed by atoms with Gasteiger partial charge in [-0.3, -0.25) is 9.59 Å². The molecule has 3 aromatic rings. The summed E-state index contributed by atoms with van der Waals surface area (Å²) in [5, 5.41) is 3.95. The number of amides is 2. The van der Waals surface area contributed by atoms with Crippen LogP contribution in [0.15, 0.2) is 84.9 Å². The van der Waals surface area contributed by atoms with Crippen LogP contribution in [0, 0.1) is 0 Å². The van der Waals surface area contributed by atoms with Gasteiger partial charge in [0.2, 0.25) is 11.8 Å². The van der Waals surface area contributed by atoms with Crippen LogP contribution in [-0.4, -0.2) is 34.6 Å². The summed E-state index contributed by atoms with van der Waals surface area (Å²) in [5.74, 6) is 0.882. The molecule has 4 nitrogen and oxygen atoms in total. The molecular weight excluding hydrogens is 488 g/mol. The van der Waals surface area contributed by atoms with Gasteiger partial charge < -0.3 is 10.2 Å². The number of benzene rings is 3. The van der Waals surface area contributed by atoms with Gasteiger partial charge in [-0.05, 0) is 41.7 Å². The van der Waals surface area contributed by atoms with E-state index in [4.69, 9.17) is 11.6 Å². The van der Waals surface area contributed by atoms with Crippen molar-refractivity contribution >= 4 is 35.2 Å². The third kappa shape index (κ3) is 7.87. The predicted molar refractivity (Wildman–Crippen MR) is 149 cm³/mol. The van der Waals surface area contributed by atoms with E-state index in [0.717, 1.165) is 42.4 Å². The number of nitrogens with one attached hydrogen (secondary N) is 1. The van der Waals surface area contributed by atoms with Crippen LogP contribution in [-0.2, 0) is 28.3 Å². The van der Waals surface area contributed by atoms with E-state index >= 15 is 0 Å². The van der Waals surface area contributed by atoms with Gasteiger partial charge in [0.15, 0.2) is 0 Å². The van der Waals surface area contributed by atoms with Crippen LogP contribution in [0.25, 0.3) is 0 Å². The van der Waals surface area contributed by atoms with E-state index in [9.17, 15) is 9.59 Å². The van der Waals surface area contributed by atoms with Crippen molar-refractivity contribution in [3.05, 3.63) is 107 Å². The molecule has 188 valence electrons. The standard InChI is InChI=1S/C30H33ClN2O2S/c31-26-15-9-14-25(18-26)21-36-22-29(34)33(20-24-12-5-2-6-13-24)28(19-23-10-3-1-4-11-23)30(35)32-27-16-7-8-17-27/h1-6,9-15,18,27-28H,7-8,16-17,19-22H2,(H,32,35). The lowest BCUT2D eigenvalue weighted by atomic mass is 10.0. The second kappa shape index (κ2) is 13.5. The SMILES string of the molecule is O=C(NC1CCCC1)C(Cc1ccccc1)N(Cc1ccccc1)C(=O)CSCc1cccc(Cl)c1. The van der Waals surface area contributed by atoms with Gasteiger partial charge in [0.05, 0.1) is 5.75 Å². The first-order valence-corrected chi connectivity index (χ1v) is 14.1. The molecule has 1 aliphatic carbocycles. The van der Waals surface area contributed by atoms with E-state index in [1.165, 1.54) is 0 Å². The highest BCUT2D eigenvalue weighted by Gasteiger charge is 2.32. The molecule has 1 unspecified atom stereocenters. The molecule has 6 heteroatoms. The molecule has 0 heterocycles. The first-order valence-electron chi connectivity index (χ1n) is 12.6. The summed E-state index contributed by atoms with van der Waals surface area (Å²) in [6.07, 6.45) is 4.77. The summed E-state index contributed by atoms with van der Waals surface area (Å²) in [7, 11) is 0. The molecule has 4 rings (SSSR count). The summed E-state index contributed by atoms with van der Waals surface area (Å²) in [6, 6.07) is 27.2. The Morgan fingerprint density at radius 1 is 0.889 bits per heavy atom. The van der Waals surface area contributed by atoms with Crippen LogP contribution in [0.5, 0.6) is 0 Å². The maximum absolute atomic E-state index is 13.7. The van der Waals surface area contributed by atoms with Crippen LogP contribution in [0.4, 0.5) is 0 Å². The molecule has 3 aromatic carbocycles. The highest BCUT2D eigenvalue weighted by molar-refractivity contribution is 7.99. The van der Waals surface area contributed by atoms with Crippen LogP contribution < -0.4 is 5.32 Å². The van der Waals surface area contributed by atoms with Crippen LogP contribution >= 0.6 is 23.4 Å². The molecule has 2 amide bonds. The molecule has 1 atom stereocenters. The fourth-order valence-electron chi connectivity index (χ4n) is 4.67. The molecule has 0 spiro atoms. The van der Waals surface area contributed by atoms with E-state index in [2.05, 4.69) is 5.32 Å². The first-order chi connectivity index (χ1) is 17.6. The lowest BCUT2D eigenvalue weighted by molar-refractivity contribution is -0.139. The van der Waals surface area contributed by atoms with Crippen LogP contribution in [0.2, 0.25) is 5.02 Å². The molecule has 0 aromatic heterocycles. The molecule has 0 bridgehead atoms. The molecule has 36 heavy (non-hydrogen) atoms. The summed E-state index contributed by atoms with van der Waals surface area (Å²) >= 11 is 7.67. The normalized spacial score (nSPS) is 14.4. The summed E-state index contributed by atoms with van der Waals surface area (Å²) in [6.45, 7) is 0.396. The second-order valence-electron chi connectivity index (χ2n) is 9.33. The third-order valence-corrected chi connectivity index (χ3v) is 7.78. The zero-order valence-electron chi connectivity index (χ0n) is 20.4. The number of carbonyl (C=O) groups excluding carboxylic acids is 2. The summed E-state index contributed by atoms with van der Waals surface area (Å²) < 4.78 is 0. The third-order valence-electron chi connectivity index (χ3n) is 6.55. The van der Waals surface area contributed by atoms with Gasteiger partial charge in [-0.1, -0.05) is 97.2 Å². The largest absolute Gasteiger partial charge is 0.352 e. The Morgan fingerprint density at radius 3 is 2.19 bits per heavy atom. The Balaban J connectivity index is 1.54.